The zero-order valence-electron chi connectivity index (χ0n) is 21.3. The molecule has 7 nitrogen and oxygen atoms in total. The zero-order chi connectivity index (χ0) is 27.6. The number of benzene rings is 3. The van der Waals surface area contributed by atoms with Gasteiger partial charge < -0.3 is 14.7 Å². The SMILES string of the molecule is C[C@@H]1CN([C@@H](C)CO)S(=O)(=O)c2ccc(-c3cccc(F)c3)cc2O[C@@H]1CN(C)C(=O)c1cccc(F)c1. The molecule has 0 aliphatic carbocycles. The van der Waals surface area contributed by atoms with E-state index >= 15 is 0 Å². The Balaban J connectivity index is 1.75. The van der Waals surface area contributed by atoms with E-state index in [1.54, 1.807) is 45.2 Å². The van der Waals surface area contributed by atoms with Gasteiger partial charge in [0.2, 0.25) is 10.0 Å². The van der Waals surface area contributed by atoms with Gasteiger partial charge in [0.1, 0.15) is 28.4 Å². The van der Waals surface area contributed by atoms with Crippen LogP contribution in [-0.4, -0.2) is 67.5 Å². The molecule has 1 aliphatic rings. The molecule has 0 aromatic heterocycles. The van der Waals surface area contributed by atoms with E-state index in [1.165, 1.54) is 45.6 Å². The number of sulfonamides is 1. The lowest BCUT2D eigenvalue weighted by molar-refractivity contribution is 0.0563. The van der Waals surface area contributed by atoms with E-state index in [2.05, 4.69) is 0 Å². The molecule has 1 heterocycles. The van der Waals surface area contributed by atoms with E-state index in [0.29, 0.717) is 11.1 Å². The van der Waals surface area contributed by atoms with Crippen molar-refractivity contribution >= 4 is 15.9 Å². The summed E-state index contributed by atoms with van der Waals surface area (Å²) in [6.07, 6.45) is -0.650. The molecule has 1 aliphatic heterocycles. The maximum atomic E-state index is 13.9. The van der Waals surface area contributed by atoms with E-state index in [4.69, 9.17) is 4.74 Å². The number of fused-ring (bicyclic) bond motifs is 1. The van der Waals surface area contributed by atoms with Crippen molar-refractivity contribution in [2.75, 3.05) is 26.7 Å². The van der Waals surface area contributed by atoms with E-state index in [1.807, 2.05) is 0 Å². The molecule has 202 valence electrons. The quantitative estimate of drug-likeness (QED) is 0.503. The number of hydrogen-bond acceptors (Lipinski definition) is 5. The number of amides is 1. The molecule has 4 rings (SSSR count). The van der Waals surface area contributed by atoms with Gasteiger partial charge in [-0.05, 0) is 60.5 Å². The summed E-state index contributed by atoms with van der Waals surface area (Å²) in [5.74, 6) is -1.71. The smallest absolute Gasteiger partial charge is 0.253 e. The van der Waals surface area contributed by atoms with Gasteiger partial charge in [0, 0.05) is 31.1 Å². The largest absolute Gasteiger partial charge is 0.487 e. The minimum atomic E-state index is -4.06. The predicted molar refractivity (Wildman–Crippen MR) is 139 cm³/mol. The van der Waals surface area contributed by atoms with Crippen molar-refractivity contribution in [3.05, 3.63) is 83.9 Å². The molecule has 1 N–H and O–H groups in total. The second-order valence-electron chi connectivity index (χ2n) is 9.61. The Morgan fingerprint density at radius 1 is 1.08 bits per heavy atom. The lowest BCUT2D eigenvalue weighted by Crippen LogP contribution is -2.50. The summed E-state index contributed by atoms with van der Waals surface area (Å²) in [6, 6.07) is 15.1. The first kappa shape index (κ1) is 27.7. The fourth-order valence-corrected chi connectivity index (χ4v) is 6.31. The van der Waals surface area contributed by atoms with Crippen molar-refractivity contribution in [2.24, 2.45) is 5.92 Å². The van der Waals surface area contributed by atoms with Crippen LogP contribution in [0.15, 0.2) is 71.6 Å². The Labute approximate surface area is 221 Å². The summed E-state index contributed by atoms with van der Waals surface area (Å²) >= 11 is 0. The number of carbonyl (C=O) groups is 1. The molecular weight excluding hydrogens is 514 g/mol. The topological polar surface area (TPSA) is 87.2 Å². The summed E-state index contributed by atoms with van der Waals surface area (Å²) in [4.78, 5) is 14.3. The monoisotopic (exact) mass is 544 g/mol. The first-order valence-electron chi connectivity index (χ1n) is 12.2. The van der Waals surface area contributed by atoms with Gasteiger partial charge >= 0.3 is 0 Å². The fourth-order valence-electron chi connectivity index (χ4n) is 4.49. The lowest BCUT2D eigenvalue weighted by atomic mass is 10.0. The van der Waals surface area contributed by atoms with Crippen molar-refractivity contribution in [1.82, 2.24) is 9.21 Å². The van der Waals surface area contributed by atoms with Gasteiger partial charge in [-0.3, -0.25) is 4.79 Å². The van der Waals surface area contributed by atoms with E-state index < -0.39 is 45.6 Å². The molecular formula is C28H30F2N2O5S. The van der Waals surface area contributed by atoms with E-state index in [-0.39, 0.29) is 35.9 Å². The second kappa shape index (κ2) is 11.2. The van der Waals surface area contributed by atoms with E-state index in [9.17, 15) is 27.1 Å². The molecule has 3 aromatic carbocycles. The van der Waals surface area contributed by atoms with Crippen molar-refractivity contribution in [2.45, 2.75) is 30.9 Å². The summed E-state index contributed by atoms with van der Waals surface area (Å²) in [7, 11) is -2.49. The summed E-state index contributed by atoms with van der Waals surface area (Å²) in [5.41, 5.74) is 1.27. The van der Waals surface area contributed by atoms with Gasteiger partial charge in [-0.15, -0.1) is 0 Å². The third kappa shape index (κ3) is 5.72. The Morgan fingerprint density at radius 3 is 2.39 bits per heavy atom. The highest BCUT2D eigenvalue weighted by Gasteiger charge is 2.38. The molecule has 0 radical (unpaired) electrons. The lowest BCUT2D eigenvalue weighted by Gasteiger charge is -2.37. The van der Waals surface area contributed by atoms with Gasteiger partial charge in [-0.25, -0.2) is 17.2 Å². The van der Waals surface area contributed by atoms with Gasteiger partial charge in [-0.2, -0.15) is 4.31 Å². The molecule has 0 fully saturated rings. The Morgan fingerprint density at radius 2 is 1.74 bits per heavy atom. The van der Waals surface area contributed by atoms with Crippen LogP contribution in [0.5, 0.6) is 5.75 Å². The summed E-state index contributed by atoms with van der Waals surface area (Å²) < 4.78 is 62.4. The van der Waals surface area contributed by atoms with Crippen LogP contribution in [-0.2, 0) is 10.0 Å². The van der Waals surface area contributed by atoms with Gasteiger partial charge in [0.25, 0.3) is 5.91 Å². The van der Waals surface area contributed by atoms with Crippen molar-refractivity contribution in [1.29, 1.82) is 0 Å². The van der Waals surface area contributed by atoms with Crippen LogP contribution >= 0.6 is 0 Å². The van der Waals surface area contributed by atoms with Crippen LogP contribution in [0.25, 0.3) is 11.1 Å². The highest BCUT2D eigenvalue weighted by Crippen LogP contribution is 2.36. The first-order valence-corrected chi connectivity index (χ1v) is 13.7. The number of nitrogens with zero attached hydrogens (tertiary/aromatic N) is 2. The maximum Gasteiger partial charge on any atom is 0.253 e. The molecule has 0 saturated heterocycles. The Hall–Kier alpha value is -3.34. The Bertz CT molecular complexity index is 1430. The number of aliphatic hydroxyl groups is 1. The van der Waals surface area contributed by atoms with Gasteiger partial charge in [-0.1, -0.05) is 31.2 Å². The zero-order valence-corrected chi connectivity index (χ0v) is 22.2. The van der Waals surface area contributed by atoms with Gasteiger partial charge in [0.15, 0.2) is 0 Å². The average molecular weight is 545 g/mol. The maximum absolute atomic E-state index is 13.9. The third-order valence-electron chi connectivity index (χ3n) is 6.70. The van der Waals surface area contributed by atoms with Crippen molar-refractivity contribution in [3.63, 3.8) is 0 Å². The molecule has 3 atom stereocenters. The average Bonchev–Trinajstić information content (AvgIpc) is 2.89. The highest BCUT2D eigenvalue weighted by molar-refractivity contribution is 7.89. The van der Waals surface area contributed by atoms with Crippen LogP contribution in [0, 0.1) is 17.6 Å². The summed E-state index contributed by atoms with van der Waals surface area (Å²) in [6.45, 7) is 3.16. The first-order chi connectivity index (χ1) is 18.0. The minimum absolute atomic E-state index is 0.0435. The third-order valence-corrected chi connectivity index (χ3v) is 8.72. The molecule has 0 saturated carbocycles. The van der Waals surface area contributed by atoms with Crippen LogP contribution in [0.3, 0.4) is 0 Å². The van der Waals surface area contributed by atoms with Gasteiger partial charge in [0.05, 0.1) is 13.2 Å². The molecule has 10 heteroatoms. The number of halogens is 2. The van der Waals surface area contributed by atoms with Crippen LogP contribution in [0.4, 0.5) is 8.78 Å². The number of rotatable bonds is 6. The second-order valence-corrected chi connectivity index (χ2v) is 11.5. The molecule has 0 spiro atoms. The number of hydrogen-bond donors (Lipinski definition) is 1. The van der Waals surface area contributed by atoms with Crippen LogP contribution < -0.4 is 4.74 Å². The normalized spacial score (nSPS) is 19.9. The standard InChI is InChI=1S/C28H30F2N2O5S/c1-18-15-32(19(2)17-33)38(35,36)27-11-10-21(20-6-4-8-23(29)12-20)14-25(27)37-26(18)16-31(3)28(34)22-7-5-9-24(30)13-22/h4-14,18-19,26,33H,15-17H2,1-3H3/t18-,19+,26-/m1/s1. The molecule has 3 aromatic rings. The molecule has 0 unspecified atom stereocenters. The molecule has 1 amide bonds. The minimum Gasteiger partial charge on any atom is -0.487 e. The van der Waals surface area contributed by atoms with Crippen molar-refractivity contribution < 1.29 is 31.8 Å². The molecule has 0 bridgehead atoms. The molecule has 38 heavy (non-hydrogen) atoms. The highest BCUT2D eigenvalue weighted by atomic mass is 32.2. The number of aliphatic hydroxyl groups excluding tert-OH is 1. The van der Waals surface area contributed by atoms with Crippen LogP contribution in [0.1, 0.15) is 24.2 Å². The predicted octanol–water partition coefficient (Wildman–Crippen LogP) is 4.17. The van der Waals surface area contributed by atoms with Crippen molar-refractivity contribution in [3.8, 4) is 16.9 Å². The summed E-state index contributed by atoms with van der Waals surface area (Å²) in [5, 5.41) is 9.81. The number of likely N-dealkylation sites (N-methyl/N-ethyl adjacent to an activating group) is 1. The number of ether oxygens (including phenoxy) is 1. The van der Waals surface area contributed by atoms with E-state index in [0.717, 1.165) is 6.07 Å². The fraction of sp³-hybridized carbons (Fsp3) is 0.321. The number of carbonyl (C=O) groups excluding carboxylic acids is 1. The van der Waals surface area contributed by atoms with Crippen LogP contribution in [0.2, 0.25) is 0 Å². The Kier molecular flexibility index (Phi) is 8.15.